The van der Waals surface area contributed by atoms with Crippen molar-refractivity contribution in [2.75, 3.05) is 0 Å². The molecule has 0 spiro atoms. The van der Waals surface area contributed by atoms with Crippen LogP contribution in [0.15, 0.2) is 63.6 Å². The summed E-state index contributed by atoms with van der Waals surface area (Å²) in [5, 5.41) is 9.66. The number of nitrogens with one attached hydrogen (secondary N) is 1. The van der Waals surface area contributed by atoms with Crippen LogP contribution in [0.4, 0.5) is 22.0 Å². The van der Waals surface area contributed by atoms with Gasteiger partial charge in [-0.3, -0.25) is 4.79 Å². The molecule has 2 aromatic rings. The van der Waals surface area contributed by atoms with Gasteiger partial charge in [-0.2, -0.15) is 27.1 Å². The fourth-order valence-electron chi connectivity index (χ4n) is 2.62. The van der Waals surface area contributed by atoms with Crippen LogP contribution in [-0.2, 0) is 17.4 Å². The molecule has 1 fully saturated rings. The lowest BCUT2D eigenvalue weighted by Gasteiger charge is -2.08. The first kappa shape index (κ1) is 22.3. The Morgan fingerprint density at radius 2 is 1.83 bits per heavy atom. The highest BCUT2D eigenvalue weighted by atomic mass is 32.2. The van der Waals surface area contributed by atoms with Crippen LogP contribution in [0.25, 0.3) is 0 Å². The fraction of sp³-hybridized carbons (Fsp3) is 0.211. The number of rotatable bonds is 6. The van der Waals surface area contributed by atoms with Gasteiger partial charge in [0.15, 0.2) is 5.17 Å². The Morgan fingerprint density at radius 1 is 1.13 bits per heavy atom. The number of hydrogen-bond donors (Lipinski definition) is 1. The van der Waals surface area contributed by atoms with E-state index in [1.54, 1.807) is 24.3 Å². The summed E-state index contributed by atoms with van der Waals surface area (Å²) in [5.74, 6) is -2.81. The smallest absolute Gasteiger partial charge is 0.303 e. The van der Waals surface area contributed by atoms with Crippen LogP contribution in [0.2, 0.25) is 0 Å². The molecular formula is C19H14F5N3OS2. The molecule has 4 nitrogen and oxygen atoms in total. The number of halogens is 5. The van der Waals surface area contributed by atoms with E-state index in [1.807, 2.05) is 0 Å². The lowest BCUT2D eigenvalue weighted by atomic mass is 10.1. The zero-order valence-electron chi connectivity index (χ0n) is 15.1. The summed E-state index contributed by atoms with van der Waals surface area (Å²) in [5.41, 5.74) is -0.185. The van der Waals surface area contributed by atoms with Gasteiger partial charge in [-0.05, 0) is 30.2 Å². The van der Waals surface area contributed by atoms with Gasteiger partial charge in [-0.1, -0.05) is 53.9 Å². The Hall–Kier alpha value is -2.40. The molecule has 158 valence electrons. The molecule has 1 aliphatic rings. The van der Waals surface area contributed by atoms with E-state index in [9.17, 15) is 26.7 Å². The maximum absolute atomic E-state index is 13.0. The minimum atomic E-state index is -4.51. The van der Waals surface area contributed by atoms with Crippen molar-refractivity contribution in [1.82, 2.24) is 5.32 Å². The quantitative estimate of drug-likeness (QED) is 0.280. The van der Waals surface area contributed by atoms with Crippen LogP contribution in [-0.4, -0.2) is 28.3 Å². The van der Waals surface area contributed by atoms with Gasteiger partial charge in [-0.25, -0.2) is 0 Å². The van der Waals surface area contributed by atoms with Gasteiger partial charge < -0.3 is 5.32 Å². The van der Waals surface area contributed by atoms with Crippen molar-refractivity contribution in [3.05, 3.63) is 65.2 Å². The van der Waals surface area contributed by atoms with Crippen LogP contribution < -0.4 is 5.32 Å². The van der Waals surface area contributed by atoms with Crippen LogP contribution in [0, 0.1) is 0 Å². The first-order chi connectivity index (χ1) is 14.2. The molecule has 2 aromatic carbocycles. The highest BCUT2D eigenvalue weighted by molar-refractivity contribution is 8.15. The van der Waals surface area contributed by atoms with E-state index in [1.165, 1.54) is 18.2 Å². The summed E-state index contributed by atoms with van der Waals surface area (Å²) in [7, 11) is 0. The van der Waals surface area contributed by atoms with E-state index >= 15 is 0 Å². The van der Waals surface area contributed by atoms with Crippen molar-refractivity contribution >= 4 is 40.8 Å². The fourth-order valence-corrected chi connectivity index (χ4v) is 4.08. The SMILES string of the molecule is O=C1N/C(=N/N=C/c2ccccc2C(F)(F)F)SC1Cc1ccc(SC(F)F)cc1. The second-order valence-corrected chi connectivity index (χ2v) is 8.31. The number of hydrogen-bond acceptors (Lipinski definition) is 5. The summed E-state index contributed by atoms with van der Waals surface area (Å²) >= 11 is 1.54. The largest absolute Gasteiger partial charge is 0.417 e. The summed E-state index contributed by atoms with van der Waals surface area (Å²) < 4.78 is 63.6. The monoisotopic (exact) mass is 459 g/mol. The molecule has 0 radical (unpaired) electrons. The molecule has 3 rings (SSSR count). The van der Waals surface area contributed by atoms with E-state index in [-0.39, 0.29) is 16.6 Å². The number of alkyl halides is 5. The minimum Gasteiger partial charge on any atom is -0.303 e. The zero-order valence-corrected chi connectivity index (χ0v) is 16.7. The summed E-state index contributed by atoms with van der Waals surface area (Å²) in [6.07, 6.45) is -3.19. The molecule has 1 atom stereocenters. The third-order valence-corrected chi connectivity index (χ3v) is 5.75. The molecule has 30 heavy (non-hydrogen) atoms. The van der Waals surface area contributed by atoms with Gasteiger partial charge >= 0.3 is 6.18 Å². The maximum Gasteiger partial charge on any atom is 0.417 e. The number of amidine groups is 1. The van der Waals surface area contributed by atoms with Crippen LogP contribution >= 0.6 is 23.5 Å². The molecule has 0 bridgehead atoms. The van der Waals surface area contributed by atoms with Crippen molar-refractivity contribution in [2.45, 2.75) is 28.5 Å². The third kappa shape index (κ3) is 6.05. The molecule has 1 aliphatic heterocycles. The van der Waals surface area contributed by atoms with Crippen molar-refractivity contribution in [1.29, 1.82) is 0 Å². The van der Waals surface area contributed by atoms with Gasteiger partial charge in [0.2, 0.25) is 5.91 Å². The lowest BCUT2D eigenvalue weighted by Crippen LogP contribution is -2.25. The van der Waals surface area contributed by atoms with E-state index in [4.69, 9.17) is 0 Å². The van der Waals surface area contributed by atoms with Crippen molar-refractivity contribution < 1.29 is 26.7 Å². The van der Waals surface area contributed by atoms with Crippen LogP contribution in [0.5, 0.6) is 0 Å². The lowest BCUT2D eigenvalue weighted by molar-refractivity contribution is -0.137. The summed E-state index contributed by atoms with van der Waals surface area (Å²) in [6.45, 7) is 0. The average molecular weight is 459 g/mol. The van der Waals surface area contributed by atoms with Crippen molar-refractivity contribution in [2.24, 2.45) is 10.2 Å². The standard InChI is InChI=1S/C19H14F5N3OS2/c20-17(21)29-13-7-5-11(6-8-13)9-15-16(28)26-18(30-15)27-25-10-12-3-1-2-4-14(12)19(22,23)24/h1-8,10,15,17H,9H2,(H,26,27,28)/b25-10+. The number of carbonyl (C=O) groups excluding carboxylic acids is 1. The number of nitrogens with zero attached hydrogens (tertiary/aromatic N) is 2. The normalized spacial score (nSPS) is 18.5. The van der Waals surface area contributed by atoms with E-state index in [0.717, 1.165) is 29.6 Å². The Morgan fingerprint density at radius 3 is 2.50 bits per heavy atom. The Bertz CT molecular complexity index is 961. The summed E-state index contributed by atoms with van der Waals surface area (Å²) in [4.78, 5) is 12.5. The number of thioether (sulfide) groups is 2. The first-order valence-electron chi connectivity index (χ1n) is 8.51. The van der Waals surface area contributed by atoms with Gasteiger partial charge in [0, 0.05) is 10.5 Å². The Labute approximate surface area is 177 Å². The molecule has 0 saturated carbocycles. The molecule has 11 heteroatoms. The number of amides is 1. The number of benzene rings is 2. The maximum atomic E-state index is 13.0. The van der Waals surface area contributed by atoms with Gasteiger partial charge in [0.1, 0.15) is 0 Å². The second kappa shape index (κ2) is 9.61. The van der Waals surface area contributed by atoms with Gasteiger partial charge in [0.05, 0.1) is 17.0 Å². The Balaban J connectivity index is 1.63. The second-order valence-electron chi connectivity index (χ2n) is 6.06. The highest BCUT2D eigenvalue weighted by Gasteiger charge is 2.33. The summed E-state index contributed by atoms with van der Waals surface area (Å²) in [6, 6.07) is 11.4. The predicted molar refractivity (Wildman–Crippen MR) is 108 cm³/mol. The molecule has 1 amide bonds. The van der Waals surface area contributed by atoms with Gasteiger partial charge in [0.25, 0.3) is 5.76 Å². The molecule has 1 saturated heterocycles. The average Bonchev–Trinajstić information content (AvgIpc) is 3.02. The van der Waals surface area contributed by atoms with E-state index in [0.29, 0.717) is 23.1 Å². The minimum absolute atomic E-state index is 0.137. The zero-order chi connectivity index (χ0) is 21.7. The molecule has 1 unspecified atom stereocenters. The van der Waals surface area contributed by atoms with E-state index in [2.05, 4.69) is 15.5 Å². The predicted octanol–water partition coefficient (Wildman–Crippen LogP) is 5.18. The molecule has 1 heterocycles. The molecule has 0 aromatic heterocycles. The molecule has 0 aliphatic carbocycles. The first-order valence-corrected chi connectivity index (χ1v) is 10.3. The van der Waals surface area contributed by atoms with Gasteiger partial charge in [-0.15, -0.1) is 5.10 Å². The third-order valence-electron chi connectivity index (χ3n) is 3.96. The highest BCUT2D eigenvalue weighted by Crippen LogP contribution is 2.31. The van der Waals surface area contributed by atoms with Crippen LogP contribution in [0.3, 0.4) is 0 Å². The topological polar surface area (TPSA) is 53.8 Å². The van der Waals surface area contributed by atoms with Crippen molar-refractivity contribution in [3.63, 3.8) is 0 Å². The van der Waals surface area contributed by atoms with Crippen molar-refractivity contribution in [3.8, 4) is 0 Å². The van der Waals surface area contributed by atoms with E-state index < -0.39 is 22.7 Å². The Kier molecular flexibility index (Phi) is 7.14. The van der Waals surface area contributed by atoms with Crippen LogP contribution in [0.1, 0.15) is 16.7 Å². The molecular weight excluding hydrogens is 445 g/mol. The molecule has 1 N–H and O–H groups in total. The number of carbonyl (C=O) groups is 1.